The van der Waals surface area contributed by atoms with Gasteiger partial charge in [0, 0.05) is 18.6 Å². The summed E-state index contributed by atoms with van der Waals surface area (Å²) in [6, 6.07) is 9.42. The SMILES string of the molecule is COC(=O)CCCCCO[C@@H]1O[C@@H]2COC(c3ccccc3)O[C@@H]2[C@H](O)[C@H]1O. The maximum Gasteiger partial charge on any atom is 0.305 e. The molecule has 156 valence electrons. The van der Waals surface area contributed by atoms with Crippen molar-refractivity contribution in [1.29, 1.82) is 0 Å². The highest BCUT2D eigenvalue weighted by Gasteiger charge is 2.49. The number of hydrogen-bond acceptors (Lipinski definition) is 8. The fourth-order valence-electron chi connectivity index (χ4n) is 3.34. The Kier molecular flexibility index (Phi) is 7.78. The van der Waals surface area contributed by atoms with E-state index in [1.54, 1.807) is 0 Å². The number of benzene rings is 1. The monoisotopic (exact) mass is 396 g/mol. The lowest BCUT2D eigenvalue weighted by Crippen LogP contribution is -2.62. The van der Waals surface area contributed by atoms with Gasteiger partial charge in [0.25, 0.3) is 0 Å². The van der Waals surface area contributed by atoms with Gasteiger partial charge in [-0.25, -0.2) is 0 Å². The molecule has 28 heavy (non-hydrogen) atoms. The molecule has 2 N–H and O–H groups in total. The smallest absolute Gasteiger partial charge is 0.305 e. The zero-order valence-corrected chi connectivity index (χ0v) is 15.9. The fourth-order valence-corrected chi connectivity index (χ4v) is 3.34. The van der Waals surface area contributed by atoms with E-state index in [1.807, 2.05) is 30.3 Å². The summed E-state index contributed by atoms with van der Waals surface area (Å²) in [7, 11) is 1.37. The van der Waals surface area contributed by atoms with E-state index in [0.29, 0.717) is 25.9 Å². The zero-order chi connectivity index (χ0) is 19.9. The van der Waals surface area contributed by atoms with Gasteiger partial charge in [-0.2, -0.15) is 0 Å². The number of aliphatic hydroxyl groups excluding tert-OH is 2. The average molecular weight is 396 g/mol. The number of ether oxygens (including phenoxy) is 5. The lowest BCUT2D eigenvalue weighted by Gasteiger charge is -2.46. The Labute approximate surface area is 164 Å². The molecular weight excluding hydrogens is 368 g/mol. The van der Waals surface area contributed by atoms with E-state index in [4.69, 9.17) is 18.9 Å². The molecule has 0 saturated carbocycles. The van der Waals surface area contributed by atoms with Gasteiger partial charge in [-0.3, -0.25) is 4.79 Å². The summed E-state index contributed by atoms with van der Waals surface area (Å²) in [5.41, 5.74) is 0.841. The molecule has 6 atom stereocenters. The molecule has 2 aliphatic rings. The third-order valence-electron chi connectivity index (χ3n) is 4.94. The van der Waals surface area contributed by atoms with Crippen LogP contribution in [0.5, 0.6) is 0 Å². The Morgan fingerprint density at radius 2 is 1.89 bits per heavy atom. The molecular formula is C20H28O8. The molecule has 0 radical (unpaired) electrons. The summed E-state index contributed by atoms with van der Waals surface area (Å²) in [6.45, 7) is 0.578. The fraction of sp³-hybridized carbons (Fsp3) is 0.650. The van der Waals surface area contributed by atoms with Gasteiger partial charge in [0.1, 0.15) is 24.4 Å². The van der Waals surface area contributed by atoms with E-state index in [-0.39, 0.29) is 12.6 Å². The summed E-state index contributed by atoms with van der Waals surface area (Å²) < 4.78 is 27.5. The quantitative estimate of drug-likeness (QED) is 0.501. The predicted octanol–water partition coefficient (Wildman–Crippen LogP) is 1.30. The normalized spacial score (nSPS) is 32.5. The summed E-state index contributed by atoms with van der Waals surface area (Å²) in [6.07, 6.45) is -2.56. The summed E-state index contributed by atoms with van der Waals surface area (Å²) >= 11 is 0. The number of fused-ring (bicyclic) bond motifs is 1. The Bertz CT molecular complexity index is 607. The molecule has 0 aromatic heterocycles. The van der Waals surface area contributed by atoms with Gasteiger partial charge < -0.3 is 33.9 Å². The van der Waals surface area contributed by atoms with Crippen LogP contribution in [0, 0.1) is 0 Å². The molecule has 2 heterocycles. The second-order valence-corrected chi connectivity index (χ2v) is 6.96. The Hall–Kier alpha value is -1.55. The predicted molar refractivity (Wildman–Crippen MR) is 97.1 cm³/mol. The first-order valence-corrected chi connectivity index (χ1v) is 9.62. The maximum absolute atomic E-state index is 11.1. The Balaban J connectivity index is 1.44. The molecule has 2 aliphatic heterocycles. The van der Waals surface area contributed by atoms with E-state index in [0.717, 1.165) is 12.0 Å². The van der Waals surface area contributed by atoms with Gasteiger partial charge in [-0.05, 0) is 12.8 Å². The molecule has 0 amide bonds. The van der Waals surface area contributed by atoms with Gasteiger partial charge in [0.05, 0.1) is 13.7 Å². The topological polar surface area (TPSA) is 104 Å². The number of rotatable bonds is 8. The largest absolute Gasteiger partial charge is 0.469 e. The van der Waals surface area contributed by atoms with Crippen molar-refractivity contribution in [2.75, 3.05) is 20.3 Å². The molecule has 8 nitrogen and oxygen atoms in total. The third kappa shape index (κ3) is 5.28. The molecule has 1 aromatic rings. The highest BCUT2D eigenvalue weighted by molar-refractivity contribution is 5.68. The molecule has 2 fully saturated rings. The maximum atomic E-state index is 11.1. The van der Waals surface area contributed by atoms with E-state index < -0.39 is 37.0 Å². The van der Waals surface area contributed by atoms with Gasteiger partial charge in [0.15, 0.2) is 12.6 Å². The van der Waals surface area contributed by atoms with Crippen molar-refractivity contribution in [2.24, 2.45) is 0 Å². The first-order chi connectivity index (χ1) is 13.6. The Morgan fingerprint density at radius 3 is 2.64 bits per heavy atom. The molecule has 0 bridgehead atoms. The van der Waals surface area contributed by atoms with Gasteiger partial charge in [0.2, 0.25) is 0 Å². The molecule has 0 aliphatic carbocycles. The average Bonchev–Trinajstić information content (AvgIpc) is 2.74. The van der Waals surface area contributed by atoms with Crippen LogP contribution in [0.15, 0.2) is 30.3 Å². The van der Waals surface area contributed by atoms with Crippen LogP contribution >= 0.6 is 0 Å². The van der Waals surface area contributed by atoms with Crippen LogP contribution in [0.2, 0.25) is 0 Å². The van der Waals surface area contributed by atoms with Crippen LogP contribution in [0.25, 0.3) is 0 Å². The highest BCUT2D eigenvalue weighted by Crippen LogP contribution is 2.34. The van der Waals surface area contributed by atoms with Crippen LogP contribution < -0.4 is 0 Å². The van der Waals surface area contributed by atoms with Crippen molar-refractivity contribution < 1.29 is 38.7 Å². The number of aliphatic hydroxyl groups is 2. The number of carbonyl (C=O) groups excluding carboxylic acids is 1. The number of carbonyl (C=O) groups is 1. The summed E-state index contributed by atoms with van der Waals surface area (Å²) in [4.78, 5) is 11.1. The van der Waals surface area contributed by atoms with Crippen LogP contribution in [-0.2, 0) is 28.5 Å². The number of hydrogen-bond donors (Lipinski definition) is 2. The van der Waals surface area contributed by atoms with Crippen molar-refractivity contribution in [3.63, 3.8) is 0 Å². The molecule has 0 spiro atoms. The number of esters is 1. The van der Waals surface area contributed by atoms with Gasteiger partial charge in [-0.15, -0.1) is 0 Å². The molecule has 1 aromatic carbocycles. The second kappa shape index (κ2) is 10.3. The second-order valence-electron chi connectivity index (χ2n) is 6.96. The Morgan fingerprint density at radius 1 is 1.11 bits per heavy atom. The first-order valence-electron chi connectivity index (χ1n) is 9.62. The third-order valence-corrected chi connectivity index (χ3v) is 4.94. The summed E-state index contributed by atoms with van der Waals surface area (Å²) in [5.74, 6) is -0.229. The van der Waals surface area contributed by atoms with Gasteiger partial charge in [-0.1, -0.05) is 36.8 Å². The van der Waals surface area contributed by atoms with E-state index in [9.17, 15) is 15.0 Å². The van der Waals surface area contributed by atoms with Crippen LogP contribution in [0.4, 0.5) is 0 Å². The summed E-state index contributed by atoms with van der Waals surface area (Å²) in [5, 5.41) is 20.9. The van der Waals surface area contributed by atoms with Crippen molar-refractivity contribution in [1.82, 2.24) is 0 Å². The lowest BCUT2D eigenvalue weighted by atomic mass is 9.98. The van der Waals surface area contributed by atoms with Crippen molar-refractivity contribution in [3.05, 3.63) is 35.9 Å². The molecule has 8 heteroatoms. The molecule has 1 unspecified atom stereocenters. The number of unbranched alkanes of at least 4 members (excludes halogenated alkanes) is 2. The highest BCUT2D eigenvalue weighted by atomic mass is 16.8. The number of methoxy groups -OCH3 is 1. The van der Waals surface area contributed by atoms with Gasteiger partial charge >= 0.3 is 5.97 Å². The van der Waals surface area contributed by atoms with Crippen molar-refractivity contribution in [2.45, 2.75) is 62.7 Å². The van der Waals surface area contributed by atoms with Crippen LogP contribution in [0.3, 0.4) is 0 Å². The minimum atomic E-state index is -1.22. The van der Waals surface area contributed by atoms with Crippen molar-refractivity contribution >= 4 is 5.97 Å². The molecule has 2 saturated heterocycles. The van der Waals surface area contributed by atoms with E-state index in [2.05, 4.69) is 4.74 Å². The van der Waals surface area contributed by atoms with Crippen LogP contribution in [0.1, 0.15) is 37.5 Å². The van der Waals surface area contributed by atoms with E-state index in [1.165, 1.54) is 7.11 Å². The standard InChI is InChI=1S/C20H28O8/c1-24-15(21)10-6-3-7-11-25-20-17(23)16(22)18-14(27-20)12-26-19(28-18)13-8-4-2-5-9-13/h2,4-5,8-9,14,16-20,22-23H,3,6-7,10-12H2,1H3/t14-,16-,17-,18+,19?,20-/m1/s1. The van der Waals surface area contributed by atoms with E-state index >= 15 is 0 Å². The zero-order valence-electron chi connectivity index (χ0n) is 15.9. The first kappa shape index (κ1) is 21.2. The van der Waals surface area contributed by atoms with Crippen LogP contribution in [-0.4, -0.2) is 67.2 Å². The minimum absolute atomic E-state index is 0.229. The minimum Gasteiger partial charge on any atom is -0.469 e. The van der Waals surface area contributed by atoms with Crippen molar-refractivity contribution in [3.8, 4) is 0 Å². The molecule has 3 rings (SSSR count). The lowest BCUT2D eigenvalue weighted by molar-refractivity contribution is -0.361.